The van der Waals surface area contributed by atoms with Gasteiger partial charge in [-0.15, -0.1) is 0 Å². The van der Waals surface area contributed by atoms with Crippen LogP contribution in [-0.2, 0) is 29.4 Å². The number of carbonyl (C=O) groups is 3. The van der Waals surface area contributed by atoms with E-state index in [1.807, 2.05) is 31.2 Å². The topological polar surface area (TPSA) is 125 Å². The molecule has 1 N–H and O–H groups in total. The van der Waals surface area contributed by atoms with Crippen molar-refractivity contribution < 1.29 is 22.8 Å². The zero-order chi connectivity index (χ0) is 38.7. The van der Waals surface area contributed by atoms with Crippen LogP contribution in [0.2, 0.25) is 5.02 Å². The first-order chi connectivity index (χ1) is 25.9. The van der Waals surface area contributed by atoms with Crippen molar-refractivity contribution in [2.45, 2.75) is 77.7 Å². The summed E-state index contributed by atoms with van der Waals surface area (Å²) >= 11 is 10.2. The molecule has 0 saturated heterocycles. The molecule has 2 aliphatic heterocycles. The van der Waals surface area contributed by atoms with Crippen LogP contribution in [0.15, 0.2) is 64.0 Å². The molecule has 3 aromatic carbocycles. The monoisotopic (exact) mass is 836 g/mol. The molecule has 0 radical (unpaired) electrons. The number of anilines is 1. The molecule has 1 aromatic heterocycles. The first-order valence-electron chi connectivity index (χ1n) is 18.6. The fraction of sp³-hybridized carbons (Fsp3) is 0.400. The minimum Gasteiger partial charge on any atom is -0.371 e. The van der Waals surface area contributed by atoms with Crippen LogP contribution < -0.4 is 9.62 Å². The van der Waals surface area contributed by atoms with E-state index in [0.29, 0.717) is 48.5 Å². The van der Waals surface area contributed by atoms with E-state index in [-0.39, 0.29) is 38.6 Å². The number of aromatic nitrogens is 2. The fourth-order valence-corrected chi connectivity index (χ4v) is 9.40. The molecule has 14 heteroatoms. The highest BCUT2D eigenvalue weighted by molar-refractivity contribution is 9.10. The standard InChI is InChI=1S/C40H46BrClN6O5S/c1-5-8-18-46(19-9-6-2)40(51)37-36(42)26(4)48(43-37)33-15-14-29(22-31(33)39(50)47-21-16-27-12-10-11-13-30(27)25-47)38(49)44-54(52,53)35-24-34-28(23-32(35)41)17-20-45(34)7-3/h10-15,22-24H,5-9,16-21,25H2,1-4H3,(H,44,49). The normalized spacial score (nSPS) is 13.8. The Morgan fingerprint density at radius 2 is 1.59 bits per heavy atom. The maximum absolute atomic E-state index is 14.5. The molecule has 0 bridgehead atoms. The number of nitrogens with zero attached hydrogens (tertiary/aromatic N) is 5. The van der Waals surface area contributed by atoms with Crippen molar-refractivity contribution >= 4 is 61.0 Å². The lowest BCUT2D eigenvalue weighted by Crippen LogP contribution is -2.37. The van der Waals surface area contributed by atoms with Gasteiger partial charge in [-0.05, 0) is 102 Å². The molecule has 0 saturated carbocycles. The molecule has 54 heavy (non-hydrogen) atoms. The Hall–Kier alpha value is -4.20. The summed E-state index contributed by atoms with van der Waals surface area (Å²) in [5, 5.41) is 4.86. The molecule has 2 aliphatic rings. The number of hydrogen-bond donors (Lipinski definition) is 1. The maximum Gasteiger partial charge on any atom is 0.275 e. The Balaban J connectivity index is 1.38. The van der Waals surface area contributed by atoms with Crippen LogP contribution in [0.1, 0.15) is 100 Å². The van der Waals surface area contributed by atoms with E-state index in [4.69, 9.17) is 11.6 Å². The number of carbonyl (C=O) groups excluding carboxylic acids is 3. The lowest BCUT2D eigenvalue weighted by molar-refractivity contribution is 0.0732. The van der Waals surface area contributed by atoms with Crippen LogP contribution >= 0.6 is 27.5 Å². The molecule has 0 unspecified atom stereocenters. The second-order valence-corrected chi connectivity index (χ2v) is 16.7. The summed E-state index contributed by atoms with van der Waals surface area (Å²) in [5.74, 6) is -1.55. The van der Waals surface area contributed by atoms with Gasteiger partial charge in [0.15, 0.2) is 5.69 Å². The number of nitrogens with one attached hydrogen (secondary N) is 1. The van der Waals surface area contributed by atoms with E-state index < -0.39 is 15.9 Å². The number of likely N-dealkylation sites (N-methyl/N-ethyl adjacent to an activating group) is 1. The predicted molar refractivity (Wildman–Crippen MR) is 214 cm³/mol. The molecular weight excluding hydrogens is 792 g/mol. The van der Waals surface area contributed by atoms with Gasteiger partial charge in [-0.3, -0.25) is 14.4 Å². The minimum atomic E-state index is -4.33. The molecule has 4 aromatic rings. The van der Waals surface area contributed by atoms with Gasteiger partial charge in [0, 0.05) is 55.0 Å². The van der Waals surface area contributed by atoms with E-state index >= 15 is 0 Å². The number of amides is 3. The van der Waals surface area contributed by atoms with Crippen molar-refractivity contribution in [1.82, 2.24) is 24.3 Å². The van der Waals surface area contributed by atoms with E-state index in [0.717, 1.165) is 67.6 Å². The minimum absolute atomic E-state index is 0.0342. The Morgan fingerprint density at radius 3 is 2.28 bits per heavy atom. The van der Waals surface area contributed by atoms with Crippen LogP contribution in [0.4, 0.5) is 5.69 Å². The molecule has 0 fully saturated rings. The summed E-state index contributed by atoms with van der Waals surface area (Å²) in [6, 6.07) is 15.7. The Morgan fingerprint density at radius 1 is 0.907 bits per heavy atom. The molecule has 0 aliphatic carbocycles. The van der Waals surface area contributed by atoms with Crippen molar-refractivity contribution in [2.75, 3.05) is 37.6 Å². The van der Waals surface area contributed by atoms with Crippen molar-refractivity contribution in [1.29, 1.82) is 0 Å². The average molecular weight is 838 g/mol. The summed E-state index contributed by atoms with van der Waals surface area (Å²) in [7, 11) is -4.33. The summed E-state index contributed by atoms with van der Waals surface area (Å²) < 4.78 is 31.5. The smallest absolute Gasteiger partial charge is 0.275 e. The zero-order valence-electron chi connectivity index (χ0n) is 31.1. The third-order valence-electron chi connectivity index (χ3n) is 10.3. The van der Waals surface area contributed by atoms with Crippen LogP contribution in [0.5, 0.6) is 0 Å². The highest BCUT2D eigenvalue weighted by atomic mass is 79.9. The summed E-state index contributed by atoms with van der Waals surface area (Å²) in [4.78, 5) is 47.6. The number of hydrogen-bond acceptors (Lipinski definition) is 7. The number of sulfonamides is 1. The Bertz CT molecular complexity index is 2200. The Labute approximate surface area is 330 Å². The van der Waals surface area contributed by atoms with E-state index in [1.165, 1.54) is 16.8 Å². The van der Waals surface area contributed by atoms with Crippen molar-refractivity contribution in [3.63, 3.8) is 0 Å². The molecule has 11 nitrogen and oxygen atoms in total. The third-order valence-corrected chi connectivity index (χ3v) is 13.0. The van der Waals surface area contributed by atoms with E-state index in [9.17, 15) is 22.8 Å². The van der Waals surface area contributed by atoms with Gasteiger partial charge in [-0.25, -0.2) is 17.8 Å². The number of benzene rings is 3. The lowest BCUT2D eigenvalue weighted by atomic mass is 9.98. The van der Waals surface area contributed by atoms with Crippen molar-refractivity contribution in [3.8, 4) is 5.69 Å². The first-order valence-corrected chi connectivity index (χ1v) is 21.2. The highest BCUT2D eigenvalue weighted by Gasteiger charge is 2.31. The third kappa shape index (κ3) is 7.94. The van der Waals surface area contributed by atoms with Crippen LogP contribution in [0, 0.1) is 6.92 Å². The first kappa shape index (κ1) is 39.5. The van der Waals surface area contributed by atoms with Gasteiger partial charge >= 0.3 is 0 Å². The lowest BCUT2D eigenvalue weighted by Gasteiger charge is -2.29. The SMILES string of the molecule is CCCCN(CCCC)C(=O)c1nn(-c2ccc(C(=O)NS(=O)(=O)c3cc4c(cc3Br)CCN4CC)cc2C(=O)N2CCc3ccccc3C2)c(C)c1Cl. The zero-order valence-corrected chi connectivity index (χ0v) is 34.3. The average Bonchev–Trinajstić information content (AvgIpc) is 3.71. The number of fused-ring (bicyclic) bond motifs is 2. The molecule has 6 rings (SSSR count). The molecule has 0 spiro atoms. The molecular formula is C40H46BrClN6O5S. The van der Waals surface area contributed by atoms with Crippen LogP contribution in [0.25, 0.3) is 5.69 Å². The predicted octanol–water partition coefficient (Wildman–Crippen LogP) is 7.34. The number of rotatable bonds is 13. The van der Waals surface area contributed by atoms with Gasteiger partial charge in [0.1, 0.15) is 4.90 Å². The van der Waals surface area contributed by atoms with Crippen LogP contribution in [0.3, 0.4) is 0 Å². The van der Waals surface area contributed by atoms with Gasteiger partial charge in [-0.2, -0.15) is 5.10 Å². The second kappa shape index (κ2) is 16.7. The number of unbranched alkanes of at least 4 members (excludes halogenated alkanes) is 2. The van der Waals surface area contributed by atoms with Gasteiger partial charge in [0.05, 0.1) is 22.0 Å². The molecule has 286 valence electrons. The molecule has 0 atom stereocenters. The maximum atomic E-state index is 14.5. The van der Waals surface area contributed by atoms with Gasteiger partial charge in [0.2, 0.25) is 0 Å². The molecule has 3 heterocycles. The Kier molecular flexibility index (Phi) is 12.2. The van der Waals surface area contributed by atoms with Crippen molar-refractivity contribution in [2.24, 2.45) is 0 Å². The quantitative estimate of drug-likeness (QED) is 0.150. The van der Waals surface area contributed by atoms with Gasteiger partial charge in [-0.1, -0.05) is 62.6 Å². The molecule has 3 amide bonds. The summed E-state index contributed by atoms with van der Waals surface area (Å²) in [6.45, 7) is 11.3. The van der Waals surface area contributed by atoms with E-state index in [2.05, 4.69) is 44.5 Å². The van der Waals surface area contributed by atoms with E-state index in [1.54, 1.807) is 34.9 Å². The fourth-order valence-electron chi connectivity index (χ4n) is 7.11. The van der Waals surface area contributed by atoms with Gasteiger partial charge in [0.25, 0.3) is 27.7 Å². The summed E-state index contributed by atoms with van der Waals surface area (Å²) in [6.07, 6.45) is 4.97. The summed E-state index contributed by atoms with van der Waals surface area (Å²) in [5.41, 5.74) is 4.96. The second-order valence-electron chi connectivity index (χ2n) is 13.8. The largest absolute Gasteiger partial charge is 0.371 e. The van der Waals surface area contributed by atoms with Gasteiger partial charge < -0.3 is 14.7 Å². The van der Waals surface area contributed by atoms with Crippen molar-refractivity contribution in [3.05, 3.63) is 103 Å². The highest BCUT2D eigenvalue weighted by Crippen LogP contribution is 2.35. The van der Waals surface area contributed by atoms with Crippen LogP contribution in [-0.4, -0.2) is 78.4 Å². The number of halogens is 2.